The molecule has 3 N–H and O–H groups in total. The Balaban J connectivity index is 1.47. The minimum atomic E-state index is -0.121. The SMILES string of the molecule is O=C(NCCSCc1ccccc1)NC[C@@H]1CNCCO1. The summed E-state index contributed by atoms with van der Waals surface area (Å²) in [4.78, 5) is 11.6. The van der Waals surface area contributed by atoms with Crippen molar-refractivity contribution in [2.24, 2.45) is 0 Å². The Kier molecular flexibility index (Phi) is 7.42. The molecule has 0 spiro atoms. The van der Waals surface area contributed by atoms with Gasteiger partial charge in [-0.05, 0) is 5.56 Å². The van der Waals surface area contributed by atoms with Crippen LogP contribution in [0.1, 0.15) is 5.56 Å². The van der Waals surface area contributed by atoms with Crippen molar-refractivity contribution in [3.8, 4) is 0 Å². The monoisotopic (exact) mass is 309 g/mol. The zero-order chi connectivity index (χ0) is 14.8. The number of amides is 2. The van der Waals surface area contributed by atoms with Gasteiger partial charge in [0.05, 0.1) is 12.7 Å². The molecule has 1 fully saturated rings. The molecule has 5 nitrogen and oxygen atoms in total. The van der Waals surface area contributed by atoms with E-state index < -0.39 is 0 Å². The van der Waals surface area contributed by atoms with Crippen LogP contribution in [-0.2, 0) is 10.5 Å². The molecule has 2 amide bonds. The Morgan fingerprint density at radius 3 is 2.95 bits per heavy atom. The molecule has 1 aromatic rings. The summed E-state index contributed by atoms with van der Waals surface area (Å²) in [6.45, 7) is 3.63. The number of ether oxygens (including phenoxy) is 1. The van der Waals surface area contributed by atoms with Gasteiger partial charge in [0.25, 0.3) is 0 Å². The predicted molar refractivity (Wildman–Crippen MR) is 86.6 cm³/mol. The average molecular weight is 309 g/mol. The molecule has 1 aromatic carbocycles. The first-order valence-corrected chi connectivity index (χ1v) is 8.46. The van der Waals surface area contributed by atoms with Crippen LogP contribution >= 0.6 is 11.8 Å². The number of carbonyl (C=O) groups is 1. The van der Waals surface area contributed by atoms with E-state index in [4.69, 9.17) is 4.74 Å². The molecule has 0 unspecified atom stereocenters. The van der Waals surface area contributed by atoms with Gasteiger partial charge in [-0.1, -0.05) is 30.3 Å². The zero-order valence-corrected chi connectivity index (χ0v) is 13.0. The highest BCUT2D eigenvalue weighted by atomic mass is 32.2. The standard InChI is InChI=1S/C15H23N3O2S/c19-15(18-11-14-10-16-6-8-20-14)17-7-9-21-12-13-4-2-1-3-5-13/h1-5,14,16H,6-12H2,(H2,17,18,19)/t14-/m0/s1. The Morgan fingerprint density at radius 1 is 1.33 bits per heavy atom. The van der Waals surface area contributed by atoms with E-state index in [2.05, 4.69) is 28.1 Å². The largest absolute Gasteiger partial charge is 0.374 e. The highest BCUT2D eigenvalue weighted by Gasteiger charge is 2.13. The van der Waals surface area contributed by atoms with E-state index in [0.717, 1.165) is 24.6 Å². The minimum Gasteiger partial charge on any atom is -0.374 e. The summed E-state index contributed by atoms with van der Waals surface area (Å²) < 4.78 is 5.51. The zero-order valence-electron chi connectivity index (χ0n) is 12.1. The molecule has 116 valence electrons. The van der Waals surface area contributed by atoms with Gasteiger partial charge in [-0.3, -0.25) is 0 Å². The third-order valence-electron chi connectivity index (χ3n) is 3.14. The fraction of sp³-hybridized carbons (Fsp3) is 0.533. The van der Waals surface area contributed by atoms with E-state index in [-0.39, 0.29) is 12.1 Å². The molecule has 21 heavy (non-hydrogen) atoms. The van der Waals surface area contributed by atoms with Crippen LogP contribution in [0.4, 0.5) is 4.79 Å². The molecule has 6 heteroatoms. The maximum Gasteiger partial charge on any atom is 0.314 e. The van der Waals surface area contributed by atoms with Crippen molar-refractivity contribution in [3.63, 3.8) is 0 Å². The van der Waals surface area contributed by atoms with Gasteiger partial charge in [-0.15, -0.1) is 0 Å². The Hall–Kier alpha value is -1.24. The smallest absolute Gasteiger partial charge is 0.314 e. The van der Waals surface area contributed by atoms with E-state index in [1.807, 2.05) is 30.0 Å². The molecule has 2 rings (SSSR count). The van der Waals surface area contributed by atoms with Crippen LogP contribution in [0.3, 0.4) is 0 Å². The quantitative estimate of drug-likeness (QED) is 0.663. The van der Waals surface area contributed by atoms with Crippen molar-refractivity contribution in [2.45, 2.75) is 11.9 Å². The van der Waals surface area contributed by atoms with Crippen molar-refractivity contribution in [1.29, 1.82) is 0 Å². The van der Waals surface area contributed by atoms with Crippen LogP contribution in [0.5, 0.6) is 0 Å². The number of benzene rings is 1. The average Bonchev–Trinajstić information content (AvgIpc) is 2.54. The third-order valence-corrected chi connectivity index (χ3v) is 4.17. The Labute approximate surface area is 130 Å². The molecule has 1 aliphatic rings. The van der Waals surface area contributed by atoms with E-state index in [0.29, 0.717) is 19.7 Å². The molecule has 1 saturated heterocycles. The van der Waals surface area contributed by atoms with Gasteiger partial charge in [-0.25, -0.2) is 4.79 Å². The molecular formula is C15H23N3O2S. The van der Waals surface area contributed by atoms with Gasteiger partial charge in [0.2, 0.25) is 0 Å². The normalized spacial score (nSPS) is 18.2. The number of thioether (sulfide) groups is 1. The summed E-state index contributed by atoms with van der Waals surface area (Å²) in [5.41, 5.74) is 1.31. The van der Waals surface area contributed by atoms with Gasteiger partial charge < -0.3 is 20.7 Å². The maximum atomic E-state index is 11.6. The second kappa shape index (κ2) is 9.65. The number of nitrogens with one attached hydrogen (secondary N) is 3. The number of hydrogen-bond donors (Lipinski definition) is 3. The highest BCUT2D eigenvalue weighted by Crippen LogP contribution is 2.10. The topological polar surface area (TPSA) is 62.4 Å². The second-order valence-electron chi connectivity index (χ2n) is 4.87. The molecular weight excluding hydrogens is 286 g/mol. The van der Waals surface area contributed by atoms with Crippen LogP contribution < -0.4 is 16.0 Å². The second-order valence-corrected chi connectivity index (χ2v) is 5.98. The first-order valence-electron chi connectivity index (χ1n) is 7.30. The first kappa shape index (κ1) is 16.1. The number of carbonyl (C=O) groups excluding carboxylic acids is 1. The lowest BCUT2D eigenvalue weighted by molar-refractivity contribution is 0.0307. The van der Waals surface area contributed by atoms with Gasteiger partial charge in [0.15, 0.2) is 0 Å². The summed E-state index contributed by atoms with van der Waals surface area (Å²) >= 11 is 1.82. The van der Waals surface area contributed by atoms with Gasteiger partial charge in [0, 0.05) is 37.7 Å². The van der Waals surface area contributed by atoms with Crippen molar-refractivity contribution < 1.29 is 9.53 Å². The minimum absolute atomic E-state index is 0.0805. The van der Waals surface area contributed by atoms with Crippen LogP contribution in [0, 0.1) is 0 Å². The molecule has 0 aliphatic carbocycles. The lowest BCUT2D eigenvalue weighted by atomic mass is 10.2. The molecule has 0 saturated carbocycles. The number of rotatable bonds is 7. The number of hydrogen-bond acceptors (Lipinski definition) is 4. The summed E-state index contributed by atoms with van der Waals surface area (Å²) in [5.74, 6) is 1.88. The molecule has 1 heterocycles. The lowest BCUT2D eigenvalue weighted by Gasteiger charge is -2.23. The molecule has 0 radical (unpaired) electrons. The maximum absolute atomic E-state index is 11.6. The van der Waals surface area contributed by atoms with Crippen LogP contribution in [0.2, 0.25) is 0 Å². The Morgan fingerprint density at radius 2 is 2.19 bits per heavy atom. The van der Waals surface area contributed by atoms with E-state index in [1.165, 1.54) is 5.56 Å². The van der Waals surface area contributed by atoms with Crippen LogP contribution in [-0.4, -0.2) is 50.7 Å². The summed E-state index contributed by atoms with van der Waals surface area (Å²) in [6.07, 6.45) is 0.0805. The van der Waals surface area contributed by atoms with Gasteiger partial charge >= 0.3 is 6.03 Å². The van der Waals surface area contributed by atoms with Crippen molar-refractivity contribution in [1.82, 2.24) is 16.0 Å². The van der Waals surface area contributed by atoms with Gasteiger partial charge in [0.1, 0.15) is 0 Å². The molecule has 0 aromatic heterocycles. The van der Waals surface area contributed by atoms with Crippen molar-refractivity contribution in [2.75, 3.05) is 38.5 Å². The van der Waals surface area contributed by atoms with Crippen molar-refractivity contribution >= 4 is 17.8 Å². The fourth-order valence-electron chi connectivity index (χ4n) is 2.02. The van der Waals surface area contributed by atoms with Crippen LogP contribution in [0.25, 0.3) is 0 Å². The molecule has 0 bridgehead atoms. The van der Waals surface area contributed by atoms with E-state index in [9.17, 15) is 4.79 Å². The third kappa shape index (κ3) is 6.84. The predicted octanol–water partition coefficient (Wildman–Crippen LogP) is 1.21. The van der Waals surface area contributed by atoms with Crippen LogP contribution in [0.15, 0.2) is 30.3 Å². The first-order chi connectivity index (χ1) is 10.3. The van der Waals surface area contributed by atoms with E-state index >= 15 is 0 Å². The summed E-state index contributed by atoms with van der Waals surface area (Å²) in [6, 6.07) is 10.2. The molecule has 1 aliphatic heterocycles. The Bertz CT molecular complexity index is 411. The highest BCUT2D eigenvalue weighted by molar-refractivity contribution is 7.98. The summed E-state index contributed by atoms with van der Waals surface area (Å²) in [7, 11) is 0. The summed E-state index contributed by atoms with van der Waals surface area (Å²) in [5, 5.41) is 8.93. The van der Waals surface area contributed by atoms with Crippen molar-refractivity contribution in [3.05, 3.63) is 35.9 Å². The van der Waals surface area contributed by atoms with Gasteiger partial charge in [-0.2, -0.15) is 11.8 Å². The van der Waals surface area contributed by atoms with E-state index in [1.54, 1.807) is 0 Å². The number of urea groups is 1. The lowest BCUT2D eigenvalue weighted by Crippen LogP contribution is -2.47. The fourth-order valence-corrected chi connectivity index (χ4v) is 2.84. The molecule has 1 atom stereocenters. The number of morpholine rings is 1.